The van der Waals surface area contributed by atoms with Gasteiger partial charge in [-0.2, -0.15) is 0 Å². The van der Waals surface area contributed by atoms with Gasteiger partial charge in [0, 0.05) is 23.7 Å². The Morgan fingerprint density at radius 3 is 2.08 bits per heavy atom. The Kier molecular flexibility index (Phi) is 6.52. The molecule has 0 radical (unpaired) electrons. The highest BCUT2D eigenvalue weighted by Crippen LogP contribution is 2.31. The molecule has 0 aromatic heterocycles. The van der Waals surface area contributed by atoms with E-state index >= 15 is 0 Å². The van der Waals surface area contributed by atoms with Gasteiger partial charge in [-0.3, -0.25) is 4.79 Å². The van der Waals surface area contributed by atoms with Crippen LogP contribution in [0, 0.1) is 5.82 Å². The smallest absolute Gasteiger partial charge is 0.247 e. The lowest BCUT2D eigenvalue weighted by Crippen LogP contribution is -2.48. The molecule has 0 heterocycles. The van der Waals surface area contributed by atoms with Crippen molar-refractivity contribution < 1.29 is 9.18 Å². The van der Waals surface area contributed by atoms with Gasteiger partial charge in [-0.1, -0.05) is 56.2 Å². The number of halogens is 2. The second kappa shape index (κ2) is 8.84. The largest absolute Gasteiger partial charge is 0.333 e. The molecule has 136 valence electrons. The summed E-state index contributed by atoms with van der Waals surface area (Å²) < 4.78 is 14.0. The Morgan fingerprint density at radius 2 is 1.56 bits per heavy atom. The second-order valence-corrected chi connectivity index (χ2v) is 7.71. The molecule has 1 aromatic rings. The Bertz CT molecular complexity index is 580. The molecule has 4 heteroatoms. The molecule has 0 saturated heterocycles. The first-order chi connectivity index (χ1) is 12.2. The van der Waals surface area contributed by atoms with Crippen LogP contribution in [0.3, 0.4) is 0 Å². The van der Waals surface area contributed by atoms with Crippen molar-refractivity contribution in [1.29, 1.82) is 0 Å². The molecule has 0 unspecified atom stereocenters. The fourth-order valence-electron chi connectivity index (χ4n) is 4.29. The Labute approximate surface area is 155 Å². The fourth-order valence-corrected chi connectivity index (χ4v) is 4.51. The first kappa shape index (κ1) is 18.4. The normalized spacial score (nSPS) is 20.1. The number of carbonyl (C=O) groups excluding carboxylic acids is 1. The maximum Gasteiger partial charge on any atom is 0.247 e. The molecule has 1 aromatic carbocycles. The van der Waals surface area contributed by atoms with Crippen LogP contribution in [0.4, 0.5) is 4.39 Å². The molecule has 0 N–H and O–H groups in total. The topological polar surface area (TPSA) is 20.3 Å². The zero-order valence-corrected chi connectivity index (χ0v) is 15.5. The van der Waals surface area contributed by atoms with Gasteiger partial charge in [0.1, 0.15) is 5.82 Å². The highest BCUT2D eigenvalue weighted by atomic mass is 35.5. The van der Waals surface area contributed by atoms with Gasteiger partial charge in [-0.25, -0.2) is 4.39 Å². The highest BCUT2D eigenvalue weighted by molar-refractivity contribution is 6.32. The fraction of sp³-hybridized carbons (Fsp3) is 0.571. The number of rotatable bonds is 4. The summed E-state index contributed by atoms with van der Waals surface area (Å²) >= 11 is 6.07. The van der Waals surface area contributed by atoms with Crippen LogP contribution in [-0.4, -0.2) is 22.9 Å². The van der Waals surface area contributed by atoms with Crippen molar-refractivity contribution in [3.63, 3.8) is 0 Å². The molecule has 25 heavy (non-hydrogen) atoms. The lowest BCUT2D eigenvalue weighted by molar-refractivity contribution is -0.132. The quantitative estimate of drug-likeness (QED) is 0.602. The zero-order chi connectivity index (χ0) is 17.6. The predicted molar refractivity (Wildman–Crippen MR) is 101 cm³/mol. The van der Waals surface area contributed by atoms with Crippen molar-refractivity contribution in [2.45, 2.75) is 76.3 Å². The third-order valence-electron chi connectivity index (χ3n) is 5.58. The summed E-state index contributed by atoms with van der Waals surface area (Å²) in [5, 5.41) is 0.339. The van der Waals surface area contributed by atoms with Crippen LogP contribution >= 0.6 is 11.6 Å². The van der Waals surface area contributed by atoms with Crippen LogP contribution in [0.5, 0.6) is 0 Å². The Morgan fingerprint density at radius 1 is 1.00 bits per heavy atom. The van der Waals surface area contributed by atoms with Crippen molar-refractivity contribution in [3.05, 3.63) is 40.7 Å². The van der Waals surface area contributed by atoms with Gasteiger partial charge in [-0.05, 0) is 43.9 Å². The van der Waals surface area contributed by atoms with Gasteiger partial charge in [0.25, 0.3) is 0 Å². The predicted octanol–water partition coefficient (Wildman–Crippen LogP) is 5.99. The first-order valence-corrected chi connectivity index (χ1v) is 9.99. The Hall–Kier alpha value is -1.35. The van der Waals surface area contributed by atoms with E-state index < -0.39 is 5.82 Å². The lowest BCUT2D eigenvalue weighted by atomic mass is 9.88. The van der Waals surface area contributed by atoms with Crippen molar-refractivity contribution >= 4 is 23.6 Å². The first-order valence-electron chi connectivity index (χ1n) is 9.61. The van der Waals surface area contributed by atoms with Gasteiger partial charge in [-0.15, -0.1) is 0 Å². The standard InChI is InChI=1S/C21H27ClFNO/c22-19-12-7-13-20(23)18(19)14-15-21(25)24(16-8-3-1-4-9-16)17-10-5-2-6-11-17/h7,12-17H,1-6,8-11H2. The van der Waals surface area contributed by atoms with E-state index in [9.17, 15) is 9.18 Å². The zero-order valence-electron chi connectivity index (χ0n) is 14.7. The van der Waals surface area contributed by atoms with Gasteiger partial charge in [0.2, 0.25) is 5.91 Å². The second-order valence-electron chi connectivity index (χ2n) is 7.30. The van der Waals surface area contributed by atoms with Crippen LogP contribution in [0.25, 0.3) is 6.08 Å². The highest BCUT2D eigenvalue weighted by Gasteiger charge is 2.31. The van der Waals surface area contributed by atoms with Gasteiger partial charge in [0.05, 0.1) is 5.02 Å². The molecule has 2 saturated carbocycles. The minimum absolute atomic E-state index is 0.0121. The minimum Gasteiger partial charge on any atom is -0.333 e. The van der Waals surface area contributed by atoms with E-state index in [2.05, 4.69) is 4.90 Å². The van der Waals surface area contributed by atoms with Crippen LogP contribution in [0.1, 0.15) is 69.8 Å². The van der Waals surface area contributed by atoms with Crippen LogP contribution < -0.4 is 0 Å². The molecule has 2 aliphatic rings. The molecule has 0 bridgehead atoms. The summed E-state index contributed by atoms with van der Waals surface area (Å²) in [4.78, 5) is 15.1. The molecule has 2 fully saturated rings. The number of amides is 1. The SMILES string of the molecule is O=C(C=Cc1c(F)cccc1Cl)N(C1CCCCC1)C1CCCCC1. The average molecular weight is 364 g/mol. The maximum atomic E-state index is 14.0. The molecular weight excluding hydrogens is 337 g/mol. The summed E-state index contributed by atoms with van der Waals surface area (Å²) in [6.45, 7) is 0. The van der Waals surface area contributed by atoms with E-state index in [1.165, 1.54) is 50.7 Å². The number of nitrogens with zero attached hydrogens (tertiary/aromatic N) is 1. The summed E-state index contributed by atoms with van der Waals surface area (Å²) in [6.07, 6.45) is 14.8. The third-order valence-corrected chi connectivity index (χ3v) is 5.91. The van der Waals surface area contributed by atoms with E-state index in [-0.39, 0.29) is 5.91 Å². The summed E-state index contributed by atoms with van der Waals surface area (Å²) in [7, 11) is 0. The molecule has 0 aliphatic heterocycles. The van der Waals surface area contributed by atoms with E-state index in [0.29, 0.717) is 22.7 Å². The van der Waals surface area contributed by atoms with E-state index in [1.54, 1.807) is 18.2 Å². The van der Waals surface area contributed by atoms with E-state index in [0.717, 1.165) is 25.7 Å². The molecule has 2 nitrogen and oxygen atoms in total. The van der Waals surface area contributed by atoms with Crippen molar-refractivity contribution in [3.8, 4) is 0 Å². The van der Waals surface area contributed by atoms with Gasteiger partial charge in [0.15, 0.2) is 0 Å². The summed E-state index contributed by atoms with van der Waals surface area (Å²) in [5.41, 5.74) is 0.296. The van der Waals surface area contributed by atoms with E-state index in [4.69, 9.17) is 11.6 Å². The van der Waals surface area contributed by atoms with Crippen LogP contribution in [0.15, 0.2) is 24.3 Å². The van der Waals surface area contributed by atoms with Crippen molar-refractivity contribution in [2.24, 2.45) is 0 Å². The number of benzene rings is 1. The summed E-state index contributed by atoms with van der Waals surface area (Å²) in [6, 6.07) is 5.27. The third kappa shape index (κ3) is 4.63. The number of carbonyl (C=O) groups is 1. The molecule has 1 amide bonds. The minimum atomic E-state index is -0.390. The van der Waals surface area contributed by atoms with Crippen LogP contribution in [-0.2, 0) is 4.79 Å². The molecule has 2 aliphatic carbocycles. The number of hydrogen-bond donors (Lipinski definition) is 0. The monoisotopic (exact) mass is 363 g/mol. The molecule has 3 rings (SSSR count). The molecule has 0 atom stereocenters. The van der Waals surface area contributed by atoms with Crippen molar-refractivity contribution in [1.82, 2.24) is 4.90 Å². The lowest BCUT2D eigenvalue weighted by Gasteiger charge is -2.41. The maximum absolute atomic E-state index is 14.0. The Balaban J connectivity index is 1.79. The molecule has 0 spiro atoms. The van der Waals surface area contributed by atoms with E-state index in [1.807, 2.05) is 0 Å². The van der Waals surface area contributed by atoms with Gasteiger partial charge >= 0.3 is 0 Å². The van der Waals surface area contributed by atoms with Gasteiger partial charge < -0.3 is 4.90 Å². The number of hydrogen-bond acceptors (Lipinski definition) is 1. The van der Waals surface area contributed by atoms with Crippen LogP contribution in [0.2, 0.25) is 5.02 Å². The van der Waals surface area contributed by atoms with Crippen molar-refractivity contribution in [2.75, 3.05) is 0 Å². The average Bonchev–Trinajstić information content (AvgIpc) is 2.63. The summed E-state index contributed by atoms with van der Waals surface area (Å²) in [5.74, 6) is -0.378. The molecular formula is C21H27ClFNO.